The van der Waals surface area contributed by atoms with Crippen LogP contribution >= 0.6 is 11.3 Å². The molecule has 4 nitrogen and oxygen atoms in total. The summed E-state index contributed by atoms with van der Waals surface area (Å²) in [5.74, 6) is 0. The minimum Gasteiger partial charge on any atom is -0.394 e. The standard InChI is InChI=1S/C11H15N3OS/c1-9(10-2-5-16-8-10)13-11-6-12-14(7-11)3-4-15/h2,5-9,13,15H,3-4H2,1H3. The van der Waals surface area contributed by atoms with Crippen molar-refractivity contribution in [3.8, 4) is 0 Å². The van der Waals surface area contributed by atoms with Crippen molar-refractivity contribution in [3.63, 3.8) is 0 Å². The van der Waals surface area contributed by atoms with Gasteiger partial charge in [-0.15, -0.1) is 0 Å². The first-order valence-electron chi connectivity index (χ1n) is 5.21. The van der Waals surface area contributed by atoms with Crippen molar-refractivity contribution in [3.05, 3.63) is 34.8 Å². The maximum absolute atomic E-state index is 8.78. The highest BCUT2D eigenvalue weighted by Crippen LogP contribution is 2.20. The summed E-state index contributed by atoms with van der Waals surface area (Å²) in [5.41, 5.74) is 2.26. The van der Waals surface area contributed by atoms with Crippen molar-refractivity contribution in [2.24, 2.45) is 0 Å². The molecule has 0 aliphatic rings. The Morgan fingerprint density at radius 2 is 2.50 bits per heavy atom. The molecule has 0 bridgehead atoms. The molecule has 5 heteroatoms. The number of aromatic nitrogens is 2. The van der Waals surface area contributed by atoms with Crippen LogP contribution in [-0.4, -0.2) is 21.5 Å². The number of nitrogens with zero attached hydrogens (tertiary/aromatic N) is 2. The first kappa shape index (κ1) is 11.2. The van der Waals surface area contributed by atoms with Gasteiger partial charge in [0.15, 0.2) is 0 Å². The van der Waals surface area contributed by atoms with E-state index in [2.05, 4.69) is 34.2 Å². The molecule has 2 rings (SSSR count). The lowest BCUT2D eigenvalue weighted by Crippen LogP contribution is -2.05. The van der Waals surface area contributed by atoms with Gasteiger partial charge in [-0.1, -0.05) is 0 Å². The average molecular weight is 237 g/mol. The van der Waals surface area contributed by atoms with Crippen molar-refractivity contribution < 1.29 is 5.11 Å². The fraction of sp³-hybridized carbons (Fsp3) is 0.364. The van der Waals surface area contributed by atoms with E-state index < -0.39 is 0 Å². The fourth-order valence-electron chi connectivity index (χ4n) is 1.52. The first-order chi connectivity index (χ1) is 7.79. The molecule has 2 aromatic heterocycles. The number of aliphatic hydroxyl groups excluding tert-OH is 1. The molecule has 0 amide bonds. The maximum Gasteiger partial charge on any atom is 0.0731 e. The molecule has 0 saturated heterocycles. The van der Waals surface area contributed by atoms with E-state index in [-0.39, 0.29) is 12.6 Å². The van der Waals surface area contributed by atoms with Gasteiger partial charge in [-0.3, -0.25) is 4.68 Å². The van der Waals surface area contributed by atoms with Crippen LogP contribution in [0.5, 0.6) is 0 Å². The highest BCUT2D eigenvalue weighted by molar-refractivity contribution is 7.07. The molecule has 0 fully saturated rings. The zero-order valence-electron chi connectivity index (χ0n) is 9.13. The van der Waals surface area contributed by atoms with Crippen LogP contribution in [0.4, 0.5) is 5.69 Å². The summed E-state index contributed by atoms with van der Waals surface area (Å²) < 4.78 is 1.72. The molecule has 0 aromatic carbocycles. The molecule has 0 aliphatic heterocycles. The molecule has 2 N–H and O–H groups in total. The number of anilines is 1. The van der Waals surface area contributed by atoms with Gasteiger partial charge in [-0.2, -0.15) is 16.4 Å². The smallest absolute Gasteiger partial charge is 0.0731 e. The second-order valence-corrected chi connectivity index (χ2v) is 4.42. The molecule has 1 unspecified atom stereocenters. The lowest BCUT2D eigenvalue weighted by Gasteiger charge is -2.11. The van der Waals surface area contributed by atoms with Gasteiger partial charge >= 0.3 is 0 Å². The largest absolute Gasteiger partial charge is 0.394 e. The van der Waals surface area contributed by atoms with E-state index in [4.69, 9.17) is 5.11 Å². The van der Waals surface area contributed by atoms with Gasteiger partial charge in [0.1, 0.15) is 0 Å². The summed E-state index contributed by atoms with van der Waals surface area (Å²) >= 11 is 1.70. The molecule has 86 valence electrons. The predicted molar refractivity (Wildman–Crippen MR) is 65.7 cm³/mol. The number of aliphatic hydroxyl groups is 1. The molecular formula is C11H15N3OS. The van der Waals surface area contributed by atoms with Crippen LogP contribution in [-0.2, 0) is 6.54 Å². The SMILES string of the molecule is CC(Nc1cnn(CCO)c1)c1ccsc1. The van der Waals surface area contributed by atoms with Crippen LogP contribution < -0.4 is 5.32 Å². The highest BCUT2D eigenvalue weighted by atomic mass is 32.1. The van der Waals surface area contributed by atoms with Crippen molar-refractivity contribution >= 4 is 17.0 Å². The van der Waals surface area contributed by atoms with Gasteiger partial charge < -0.3 is 10.4 Å². The van der Waals surface area contributed by atoms with Gasteiger partial charge in [-0.25, -0.2) is 0 Å². The van der Waals surface area contributed by atoms with Gasteiger partial charge in [0.05, 0.1) is 25.0 Å². The van der Waals surface area contributed by atoms with Gasteiger partial charge in [-0.05, 0) is 29.3 Å². The minimum absolute atomic E-state index is 0.112. The van der Waals surface area contributed by atoms with E-state index in [0.29, 0.717) is 6.54 Å². The zero-order valence-corrected chi connectivity index (χ0v) is 9.94. The molecule has 0 saturated carbocycles. The van der Waals surface area contributed by atoms with E-state index in [1.807, 2.05) is 6.20 Å². The van der Waals surface area contributed by atoms with Crippen LogP contribution in [0, 0.1) is 0 Å². The Morgan fingerprint density at radius 3 is 3.19 bits per heavy atom. The third-order valence-corrected chi connectivity index (χ3v) is 3.09. The number of rotatable bonds is 5. The molecular weight excluding hydrogens is 222 g/mol. The Balaban J connectivity index is 1.98. The van der Waals surface area contributed by atoms with E-state index in [1.54, 1.807) is 22.2 Å². The third kappa shape index (κ3) is 2.62. The summed E-state index contributed by atoms with van der Waals surface area (Å²) in [6, 6.07) is 2.39. The van der Waals surface area contributed by atoms with E-state index in [9.17, 15) is 0 Å². The maximum atomic E-state index is 8.78. The molecule has 2 heterocycles. The second-order valence-electron chi connectivity index (χ2n) is 3.64. The Bertz CT molecular complexity index is 424. The summed E-state index contributed by atoms with van der Waals surface area (Å²) in [5, 5.41) is 20.5. The normalized spacial score (nSPS) is 12.6. The quantitative estimate of drug-likeness (QED) is 0.837. The summed E-state index contributed by atoms with van der Waals surface area (Å²) in [7, 11) is 0. The van der Waals surface area contributed by atoms with E-state index in [0.717, 1.165) is 5.69 Å². The predicted octanol–water partition coefficient (Wildman–Crippen LogP) is 2.11. The molecule has 16 heavy (non-hydrogen) atoms. The molecule has 0 spiro atoms. The van der Waals surface area contributed by atoms with Gasteiger partial charge in [0, 0.05) is 12.2 Å². The van der Waals surface area contributed by atoms with Crippen LogP contribution in [0.1, 0.15) is 18.5 Å². The first-order valence-corrected chi connectivity index (χ1v) is 6.16. The minimum atomic E-state index is 0.112. The van der Waals surface area contributed by atoms with E-state index in [1.165, 1.54) is 5.56 Å². The zero-order chi connectivity index (χ0) is 11.4. The third-order valence-electron chi connectivity index (χ3n) is 2.39. The number of hydrogen-bond acceptors (Lipinski definition) is 4. The Labute approximate surface area is 98.5 Å². The lowest BCUT2D eigenvalue weighted by atomic mass is 10.2. The summed E-state index contributed by atoms with van der Waals surface area (Å²) in [4.78, 5) is 0. The fourth-order valence-corrected chi connectivity index (χ4v) is 2.27. The Hall–Kier alpha value is -1.33. The Morgan fingerprint density at radius 1 is 1.62 bits per heavy atom. The van der Waals surface area contributed by atoms with Gasteiger partial charge in [0.25, 0.3) is 0 Å². The van der Waals surface area contributed by atoms with Crippen molar-refractivity contribution in [1.82, 2.24) is 9.78 Å². The van der Waals surface area contributed by atoms with Crippen molar-refractivity contribution in [1.29, 1.82) is 0 Å². The van der Waals surface area contributed by atoms with Crippen molar-refractivity contribution in [2.75, 3.05) is 11.9 Å². The van der Waals surface area contributed by atoms with E-state index >= 15 is 0 Å². The average Bonchev–Trinajstić information content (AvgIpc) is 2.89. The van der Waals surface area contributed by atoms with Crippen LogP contribution in [0.3, 0.4) is 0 Å². The Kier molecular flexibility index (Phi) is 3.58. The number of thiophene rings is 1. The van der Waals surface area contributed by atoms with Crippen LogP contribution in [0.25, 0.3) is 0 Å². The molecule has 1 atom stereocenters. The number of hydrogen-bond donors (Lipinski definition) is 2. The summed E-state index contributed by atoms with van der Waals surface area (Å²) in [6.07, 6.45) is 3.68. The molecule has 2 aromatic rings. The van der Waals surface area contributed by atoms with Crippen LogP contribution in [0.2, 0.25) is 0 Å². The second kappa shape index (κ2) is 5.14. The molecule has 0 radical (unpaired) electrons. The number of nitrogens with one attached hydrogen (secondary N) is 1. The molecule has 0 aliphatic carbocycles. The highest BCUT2D eigenvalue weighted by Gasteiger charge is 2.06. The van der Waals surface area contributed by atoms with Crippen LogP contribution in [0.15, 0.2) is 29.2 Å². The monoisotopic (exact) mass is 237 g/mol. The van der Waals surface area contributed by atoms with Crippen molar-refractivity contribution in [2.45, 2.75) is 19.5 Å². The summed E-state index contributed by atoms with van der Waals surface area (Å²) in [6.45, 7) is 2.77. The van der Waals surface area contributed by atoms with Gasteiger partial charge in [0.2, 0.25) is 0 Å². The topological polar surface area (TPSA) is 50.1 Å². The lowest BCUT2D eigenvalue weighted by molar-refractivity contribution is 0.269.